The van der Waals surface area contributed by atoms with Crippen molar-refractivity contribution in [2.45, 2.75) is 12.5 Å². The van der Waals surface area contributed by atoms with Crippen molar-refractivity contribution >= 4 is 11.8 Å². The number of nitrogens with two attached hydrogens (primary N) is 1. The van der Waals surface area contributed by atoms with Gasteiger partial charge < -0.3 is 25.4 Å². The van der Waals surface area contributed by atoms with Crippen LogP contribution in [0.3, 0.4) is 0 Å². The summed E-state index contributed by atoms with van der Waals surface area (Å²) in [6.07, 6.45) is -0.637. The first-order valence-electron chi connectivity index (χ1n) is 7.38. The molecule has 1 aromatic rings. The predicted octanol–water partition coefficient (Wildman–Crippen LogP) is 0.760. The minimum atomic E-state index is -0.973. The summed E-state index contributed by atoms with van der Waals surface area (Å²) in [5, 5.41) is 18.3. The molecule has 23 heavy (non-hydrogen) atoms. The number of benzene rings is 1. The zero-order valence-corrected chi connectivity index (χ0v) is 12.5. The molecule has 2 aliphatic heterocycles. The Labute approximate surface area is 132 Å². The van der Waals surface area contributed by atoms with Gasteiger partial charge >= 0.3 is 6.09 Å². The van der Waals surface area contributed by atoms with Crippen LogP contribution in [0.25, 0.3) is 0 Å². The maximum Gasteiger partial charge on any atom is 0.407 e. The largest absolute Gasteiger partial charge is 0.491 e. The number of nitriles is 1. The van der Waals surface area contributed by atoms with E-state index in [0.717, 1.165) is 0 Å². The minimum Gasteiger partial charge on any atom is -0.491 e. The fraction of sp³-hybridized carbons (Fsp3) is 0.467. The van der Waals surface area contributed by atoms with Crippen LogP contribution in [0.1, 0.15) is 11.1 Å². The fourth-order valence-electron chi connectivity index (χ4n) is 2.99. The lowest BCUT2D eigenvalue weighted by Crippen LogP contribution is -2.48. The Morgan fingerprint density at radius 3 is 2.74 bits per heavy atom. The molecule has 1 fully saturated rings. The number of fused-ring (bicyclic) bond motifs is 1. The molecular formula is C15H17FN4O3. The van der Waals surface area contributed by atoms with Gasteiger partial charge in [0, 0.05) is 43.9 Å². The minimum absolute atomic E-state index is 0.0368. The third kappa shape index (κ3) is 2.75. The van der Waals surface area contributed by atoms with Crippen LogP contribution in [0.4, 0.5) is 14.9 Å². The topological polar surface area (TPSA) is 103 Å². The summed E-state index contributed by atoms with van der Waals surface area (Å²) in [5.74, 6) is -0.172. The Kier molecular flexibility index (Phi) is 3.96. The molecule has 3 rings (SSSR count). The van der Waals surface area contributed by atoms with Crippen LogP contribution in [0.2, 0.25) is 0 Å². The number of piperazine rings is 1. The summed E-state index contributed by atoms with van der Waals surface area (Å²) in [6, 6.07) is 3.30. The van der Waals surface area contributed by atoms with E-state index in [1.165, 1.54) is 4.90 Å². The summed E-state index contributed by atoms with van der Waals surface area (Å²) >= 11 is 0. The molecule has 7 nitrogen and oxygen atoms in total. The zero-order chi connectivity index (χ0) is 16.6. The zero-order valence-electron chi connectivity index (χ0n) is 12.5. The van der Waals surface area contributed by atoms with Gasteiger partial charge in [-0.1, -0.05) is 0 Å². The van der Waals surface area contributed by atoms with Gasteiger partial charge in [-0.25, -0.2) is 9.18 Å². The molecule has 1 unspecified atom stereocenters. The number of hydrogen-bond acceptors (Lipinski definition) is 5. The maximum atomic E-state index is 14.7. The van der Waals surface area contributed by atoms with Gasteiger partial charge in [0.2, 0.25) is 0 Å². The number of anilines is 1. The van der Waals surface area contributed by atoms with E-state index in [2.05, 4.69) is 0 Å². The average Bonchev–Trinajstić information content (AvgIpc) is 2.55. The van der Waals surface area contributed by atoms with Gasteiger partial charge in [-0.05, 0) is 6.42 Å². The first-order valence-corrected chi connectivity index (χ1v) is 7.38. The van der Waals surface area contributed by atoms with Crippen LogP contribution in [-0.2, 0) is 6.42 Å². The number of ether oxygens (including phenoxy) is 1. The van der Waals surface area contributed by atoms with Crippen LogP contribution in [-0.4, -0.2) is 54.9 Å². The second-order valence-electron chi connectivity index (χ2n) is 5.71. The SMILES string of the molecule is N#Cc1c(N2CCN(C(=O)O)CC2)cc2c(c1F)CC(N)CO2. The number of carbonyl (C=O) groups is 1. The summed E-state index contributed by atoms with van der Waals surface area (Å²) in [4.78, 5) is 14.1. The molecule has 0 spiro atoms. The Hall–Kier alpha value is -2.53. The Bertz CT molecular complexity index is 680. The number of hydrogen-bond donors (Lipinski definition) is 2. The predicted molar refractivity (Wildman–Crippen MR) is 80.1 cm³/mol. The molecule has 8 heteroatoms. The highest BCUT2D eigenvalue weighted by Gasteiger charge is 2.29. The molecule has 1 saturated heterocycles. The molecule has 0 aromatic heterocycles. The fourth-order valence-corrected chi connectivity index (χ4v) is 2.99. The molecule has 122 valence electrons. The van der Waals surface area contributed by atoms with Crippen LogP contribution < -0.4 is 15.4 Å². The van der Waals surface area contributed by atoms with E-state index in [4.69, 9.17) is 15.6 Å². The highest BCUT2D eigenvalue weighted by atomic mass is 19.1. The maximum absolute atomic E-state index is 14.7. The number of rotatable bonds is 1. The molecule has 2 heterocycles. The second kappa shape index (κ2) is 5.93. The van der Waals surface area contributed by atoms with Gasteiger partial charge in [-0.3, -0.25) is 0 Å². The number of nitrogens with zero attached hydrogens (tertiary/aromatic N) is 3. The molecule has 0 bridgehead atoms. The van der Waals surface area contributed by atoms with Crippen molar-refractivity contribution in [2.75, 3.05) is 37.7 Å². The monoisotopic (exact) mass is 320 g/mol. The van der Waals surface area contributed by atoms with Crippen molar-refractivity contribution < 1.29 is 19.0 Å². The van der Waals surface area contributed by atoms with Crippen molar-refractivity contribution in [3.8, 4) is 11.8 Å². The number of halogens is 1. The molecule has 1 amide bonds. The van der Waals surface area contributed by atoms with E-state index in [9.17, 15) is 14.4 Å². The first kappa shape index (κ1) is 15.4. The number of amides is 1. The molecular weight excluding hydrogens is 303 g/mol. The van der Waals surface area contributed by atoms with Gasteiger partial charge in [0.1, 0.15) is 29.8 Å². The average molecular weight is 320 g/mol. The van der Waals surface area contributed by atoms with Crippen molar-refractivity contribution in [3.05, 3.63) is 23.0 Å². The Balaban J connectivity index is 1.93. The third-order valence-electron chi connectivity index (χ3n) is 4.23. The molecule has 3 N–H and O–H groups in total. The summed E-state index contributed by atoms with van der Waals surface area (Å²) in [7, 11) is 0. The molecule has 2 aliphatic rings. The van der Waals surface area contributed by atoms with Crippen molar-refractivity contribution in [3.63, 3.8) is 0 Å². The smallest absolute Gasteiger partial charge is 0.407 e. The molecule has 1 aromatic carbocycles. The summed E-state index contributed by atoms with van der Waals surface area (Å²) < 4.78 is 20.2. The van der Waals surface area contributed by atoms with Gasteiger partial charge in [0.25, 0.3) is 0 Å². The Morgan fingerprint density at radius 2 is 2.13 bits per heavy atom. The lowest BCUT2D eigenvalue weighted by atomic mass is 9.98. The normalized spacial score (nSPS) is 20.5. The van der Waals surface area contributed by atoms with Crippen LogP contribution in [0.5, 0.6) is 5.75 Å². The van der Waals surface area contributed by atoms with Crippen molar-refractivity contribution in [1.82, 2.24) is 4.90 Å². The van der Waals surface area contributed by atoms with E-state index in [0.29, 0.717) is 56.2 Å². The summed E-state index contributed by atoms with van der Waals surface area (Å²) in [6.45, 7) is 1.73. The lowest BCUT2D eigenvalue weighted by molar-refractivity contribution is 0.142. The van der Waals surface area contributed by atoms with E-state index in [1.807, 2.05) is 11.0 Å². The Morgan fingerprint density at radius 1 is 1.43 bits per heavy atom. The second-order valence-corrected chi connectivity index (χ2v) is 5.71. The van der Waals surface area contributed by atoms with Gasteiger partial charge in [0.05, 0.1) is 5.69 Å². The standard InChI is InChI=1S/C15H17FN4O3/c16-14-10-5-9(18)8-23-13(10)6-12(11(14)7-17)19-1-3-20(4-2-19)15(21)22/h6,9H,1-5,8,18H2,(H,21,22). The summed E-state index contributed by atoms with van der Waals surface area (Å²) in [5.41, 5.74) is 6.54. The van der Waals surface area contributed by atoms with Gasteiger partial charge in [0.15, 0.2) is 0 Å². The highest BCUT2D eigenvalue weighted by molar-refractivity contribution is 5.68. The van der Waals surface area contributed by atoms with Crippen LogP contribution >= 0.6 is 0 Å². The van der Waals surface area contributed by atoms with Crippen molar-refractivity contribution in [2.24, 2.45) is 5.73 Å². The van der Waals surface area contributed by atoms with E-state index >= 15 is 0 Å². The molecule has 0 saturated carbocycles. The lowest BCUT2D eigenvalue weighted by Gasteiger charge is -2.36. The van der Waals surface area contributed by atoms with Crippen LogP contribution in [0, 0.1) is 17.1 Å². The quantitative estimate of drug-likeness (QED) is 0.792. The van der Waals surface area contributed by atoms with Gasteiger partial charge in [-0.2, -0.15) is 5.26 Å². The third-order valence-corrected chi connectivity index (χ3v) is 4.23. The molecule has 0 aliphatic carbocycles. The number of carboxylic acid groups (broad SMARTS) is 1. The molecule has 0 radical (unpaired) electrons. The van der Waals surface area contributed by atoms with E-state index in [1.54, 1.807) is 6.07 Å². The highest BCUT2D eigenvalue weighted by Crippen LogP contribution is 2.36. The first-order chi connectivity index (χ1) is 11.0. The van der Waals surface area contributed by atoms with E-state index < -0.39 is 11.9 Å². The van der Waals surface area contributed by atoms with Crippen LogP contribution in [0.15, 0.2) is 6.07 Å². The van der Waals surface area contributed by atoms with E-state index in [-0.39, 0.29) is 11.6 Å². The molecule has 1 atom stereocenters. The van der Waals surface area contributed by atoms with Gasteiger partial charge in [-0.15, -0.1) is 0 Å². The van der Waals surface area contributed by atoms with Crippen molar-refractivity contribution in [1.29, 1.82) is 5.26 Å².